The third kappa shape index (κ3) is 4.73. The molecule has 1 saturated heterocycles. The molecule has 2 heterocycles. The van der Waals surface area contributed by atoms with Crippen molar-refractivity contribution in [3.05, 3.63) is 53.7 Å². The highest BCUT2D eigenvalue weighted by atomic mass is 19.2. The number of carbonyl (C=O) groups excluding carboxylic acids is 2. The lowest BCUT2D eigenvalue weighted by Crippen LogP contribution is -2.54. The molecule has 0 unspecified atom stereocenters. The molecule has 0 radical (unpaired) electrons. The van der Waals surface area contributed by atoms with E-state index in [1.807, 2.05) is 4.90 Å². The SMILES string of the molecule is CN=C(NCC(=O)Nc1ccc(F)c(F)c1F)N1CCN(C(=O)c2ccco2)CC1. The topological polar surface area (TPSA) is 90.2 Å². The minimum atomic E-state index is -1.65. The van der Waals surface area contributed by atoms with Gasteiger partial charge in [-0.15, -0.1) is 0 Å². The van der Waals surface area contributed by atoms with E-state index in [4.69, 9.17) is 4.42 Å². The molecule has 160 valence electrons. The predicted molar refractivity (Wildman–Crippen MR) is 102 cm³/mol. The first-order valence-corrected chi connectivity index (χ1v) is 9.12. The first-order chi connectivity index (χ1) is 14.4. The average molecular weight is 423 g/mol. The van der Waals surface area contributed by atoms with Crippen molar-refractivity contribution in [1.82, 2.24) is 15.1 Å². The standard InChI is InChI=1S/C19H20F3N5O3/c1-23-19(24-11-15(28)25-13-5-4-12(20)16(21)17(13)22)27-8-6-26(7-9-27)18(29)14-3-2-10-30-14/h2-5,10H,6-9,11H2,1H3,(H,23,24)(H,25,28). The van der Waals surface area contributed by atoms with Crippen molar-refractivity contribution in [2.45, 2.75) is 0 Å². The summed E-state index contributed by atoms with van der Waals surface area (Å²) in [6.07, 6.45) is 1.44. The van der Waals surface area contributed by atoms with Gasteiger partial charge in [0.25, 0.3) is 5.91 Å². The van der Waals surface area contributed by atoms with Crippen molar-refractivity contribution in [3.8, 4) is 0 Å². The normalized spacial score (nSPS) is 14.6. The molecule has 30 heavy (non-hydrogen) atoms. The van der Waals surface area contributed by atoms with Gasteiger partial charge in [0.05, 0.1) is 18.5 Å². The Balaban J connectivity index is 1.50. The van der Waals surface area contributed by atoms with Crippen LogP contribution in [0.3, 0.4) is 0 Å². The van der Waals surface area contributed by atoms with Gasteiger partial charge in [-0.05, 0) is 24.3 Å². The molecule has 2 amide bonds. The second kappa shape index (κ2) is 9.33. The number of aliphatic imine (C=N–C) groups is 1. The predicted octanol–water partition coefficient (Wildman–Crippen LogP) is 1.67. The molecule has 0 aliphatic carbocycles. The molecule has 1 fully saturated rings. The number of anilines is 1. The quantitative estimate of drug-likeness (QED) is 0.444. The van der Waals surface area contributed by atoms with Gasteiger partial charge >= 0.3 is 0 Å². The first kappa shape index (κ1) is 21.2. The third-order valence-electron chi connectivity index (χ3n) is 4.53. The highest BCUT2D eigenvalue weighted by Crippen LogP contribution is 2.19. The van der Waals surface area contributed by atoms with Crippen LogP contribution in [0.5, 0.6) is 0 Å². The van der Waals surface area contributed by atoms with E-state index in [1.54, 1.807) is 17.0 Å². The van der Waals surface area contributed by atoms with Crippen LogP contribution in [0.25, 0.3) is 0 Å². The summed E-state index contributed by atoms with van der Waals surface area (Å²) in [6.45, 7) is 1.56. The zero-order valence-corrected chi connectivity index (χ0v) is 16.1. The molecule has 11 heteroatoms. The lowest BCUT2D eigenvalue weighted by Gasteiger charge is -2.36. The molecule has 1 aliphatic heterocycles. The molecule has 1 aliphatic rings. The Hall–Kier alpha value is -3.50. The Labute approximate surface area is 170 Å². The van der Waals surface area contributed by atoms with Crippen LogP contribution in [0.4, 0.5) is 18.9 Å². The molecule has 0 saturated carbocycles. The maximum Gasteiger partial charge on any atom is 0.289 e. The van der Waals surface area contributed by atoms with Gasteiger partial charge in [-0.25, -0.2) is 13.2 Å². The average Bonchev–Trinajstić information content (AvgIpc) is 3.29. The summed E-state index contributed by atoms with van der Waals surface area (Å²) in [6, 6.07) is 4.91. The number of piperazine rings is 1. The Morgan fingerprint density at radius 1 is 1.07 bits per heavy atom. The maximum absolute atomic E-state index is 13.7. The van der Waals surface area contributed by atoms with Crippen molar-refractivity contribution >= 4 is 23.5 Å². The Kier molecular flexibility index (Phi) is 6.60. The van der Waals surface area contributed by atoms with Crippen LogP contribution in [0.1, 0.15) is 10.6 Å². The largest absolute Gasteiger partial charge is 0.459 e. The number of hydrogen-bond acceptors (Lipinski definition) is 4. The number of hydrogen-bond donors (Lipinski definition) is 2. The van der Waals surface area contributed by atoms with Gasteiger partial charge in [0.15, 0.2) is 29.2 Å². The number of halogens is 3. The molecule has 1 aromatic carbocycles. The van der Waals surface area contributed by atoms with Crippen LogP contribution in [0, 0.1) is 17.5 Å². The number of benzene rings is 1. The molecular formula is C19H20F3N5O3. The number of amides is 2. The van der Waals surface area contributed by atoms with Crippen LogP contribution in [0.15, 0.2) is 39.9 Å². The number of furan rings is 1. The van der Waals surface area contributed by atoms with E-state index >= 15 is 0 Å². The zero-order chi connectivity index (χ0) is 21.7. The molecule has 3 rings (SSSR count). The molecule has 8 nitrogen and oxygen atoms in total. The van der Waals surface area contributed by atoms with Gasteiger partial charge in [-0.3, -0.25) is 14.6 Å². The zero-order valence-electron chi connectivity index (χ0n) is 16.1. The summed E-state index contributed by atoms with van der Waals surface area (Å²) in [4.78, 5) is 32.0. The second-order valence-corrected chi connectivity index (χ2v) is 6.43. The molecular weight excluding hydrogens is 403 g/mol. The van der Waals surface area contributed by atoms with Crippen molar-refractivity contribution in [2.24, 2.45) is 4.99 Å². The van der Waals surface area contributed by atoms with E-state index in [0.717, 1.165) is 12.1 Å². The third-order valence-corrected chi connectivity index (χ3v) is 4.53. The Morgan fingerprint density at radius 3 is 2.40 bits per heavy atom. The van der Waals surface area contributed by atoms with E-state index in [2.05, 4.69) is 15.6 Å². The highest BCUT2D eigenvalue weighted by Gasteiger charge is 2.25. The highest BCUT2D eigenvalue weighted by molar-refractivity contribution is 5.95. The van der Waals surface area contributed by atoms with E-state index < -0.39 is 29.0 Å². The number of carbonyl (C=O) groups is 2. The number of nitrogens with one attached hydrogen (secondary N) is 2. The molecule has 1 aromatic heterocycles. The number of rotatable bonds is 4. The maximum atomic E-state index is 13.7. The van der Waals surface area contributed by atoms with Crippen LogP contribution in [-0.2, 0) is 4.79 Å². The smallest absolute Gasteiger partial charge is 0.289 e. The van der Waals surface area contributed by atoms with Crippen molar-refractivity contribution in [1.29, 1.82) is 0 Å². The van der Waals surface area contributed by atoms with Gasteiger partial charge < -0.3 is 24.9 Å². The van der Waals surface area contributed by atoms with Crippen molar-refractivity contribution in [3.63, 3.8) is 0 Å². The monoisotopic (exact) mass is 423 g/mol. The summed E-state index contributed by atoms with van der Waals surface area (Å²) >= 11 is 0. The minimum Gasteiger partial charge on any atom is -0.459 e. The first-order valence-electron chi connectivity index (χ1n) is 9.12. The summed E-state index contributed by atoms with van der Waals surface area (Å²) in [5.74, 6) is -4.63. The Bertz CT molecular complexity index is 941. The number of guanidine groups is 1. The van der Waals surface area contributed by atoms with E-state index in [9.17, 15) is 22.8 Å². The van der Waals surface area contributed by atoms with E-state index in [0.29, 0.717) is 32.1 Å². The lowest BCUT2D eigenvalue weighted by atomic mass is 10.2. The van der Waals surface area contributed by atoms with Gasteiger partial charge in [-0.1, -0.05) is 0 Å². The fourth-order valence-electron chi connectivity index (χ4n) is 2.99. The van der Waals surface area contributed by atoms with Gasteiger partial charge in [0.1, 0.15) is 0 Å². The van der Waals surface area contributed by atoms with Gasteiger partial charge in [0.2, 0.25) is 5.91 Å². The fraction of sp³-hybridized carbons (Fsp3) is 0.316. The second-order valence-electron chi connectivity index (χ2n) is 6.43. The molecule has 0 spiro atoms. The van der Waals surface area contributed by atoms with Crippen LogP contribution in [0.2, 0.25) is 0 Å². The summed E-state index contributed by atoms with van der Waals surface area (Å²) in [5.41, 5.74) is -0.458. The van der Waals surface area contributed by atoms with Crippen molar-refractivity contribution in [2.75, 3.05) is 45.1 Å². The summed E-state index contributed by atoms with van der Waals surface area (Å²) < 4.78 is 45.0. The van der Waals surface area contributed by atoms with Crippen molar-refractivity contribution < 1.29 is 27.2 Å². The van der Waals surface area contributed by atoms with Crippen LogP contribution >= 0.6 is 0 Å². The molecule has 0 bridgehead atoms. The summed E-state index contributed by atoms with van der Waals surface area (Å²) in [7, 11) is 1.54. The molecule has 0 atom stereocenters. The minimum absolute atomic E-state index is 0.199. The Morgan fingerprint density at radius 2 is 1.77 bits per heavy atom. The molecule has 2 N–H and O–H groups in total. The van der Waals surface area contributed by atoms with E-state index in [-0.39, 0.29) is 18.2 Å². The van der Waals surface area contributed by atoms with Gasteiger partial charge in [-0.2, -0.15) is 0 Å². The lowest BCUT2D eigenvalue weighted by molar-refractivity contribution is -0.115. The number of nitrogens with zero attached hydrogens (tertiary/aromatic N) is 3. The molecule has 2 aromatic rings. The van der Waals surface area contributed by atoms with Crippen LogP contribution in [-0.4, -0.2) is 67.3 Å². The fourth-order valence-corrected chi connectivity index (χ4v) is 2.99. The van der Waals surface area contributed by atoms with E-state index in [1.165, 1.54) is 13.3 Å². The van der Waals surface area contributed by atoms with Gasteiger partial charge in [0, 0.05) is 33.2 Å². The summed E-state index contributed by atoms with van der Waals surface area (Å²) in [5, 5.41) is 5.01. The van der Waals surface area contributed by atoms with Crippen LogP contribution < -0.4 is 10.6 Å².